The maximum Gasteiger partial charge on any atom is 0.229 e. The van der Waals surface area contributed by atoms with E-state index in [-0.39, 0.29) is 12.6 Å². The Kier molecular flexibility index (Phi) is 6.52. The molecule has 2 aliphatic heterocycles. The van der Waals surface area contributed by atoms with Gasteiger partial charge in [0.1, 0.15) is 11.6 Å². The van der Waals surface area contributed by atoms with Gasteiger partial charge in [-0.05, 0) is 37.3 Å². The summed E-state index contributed by atoms with van der Waals surface area (Å²) in [4.78, 5) is 19.5. The number of morpholine rings is 1. The first-order valence-corrected chi connectivity index (χ1v) is 12.5. The number of nitrogens with zero attached hydrogens (tertiary/aromatic N) is 5. The molecule has 0 saturated carbocycles. The lowest BCUT2D eigenvalue weighted by Gasteiger charge is -2.35. The van der Waals surface area contributed by atoms with E-state index in [2.05, 4.69) is 22.8 Å². The maximum absolute atomic E-state index is 9.73. The van der Waals surface area contributed by atoms with Gasteiger partial charge in [0.15, 0.2) is 5.65 Å². The molecule has 2 saturated heterocycles. The number of methoxy groups -OCH3 is 1. The molecule has 2 fully saturated rings. The molecule has 8 nitrogen and oxygen atoms in total. The normalized spacial score (nSPS) is 19.2. The molecule has 0 amide bonds. The molecule has 0 unspecified atom stereocenters. The van der Waals surface area contributed by atoms with Crippen LogP contribution in [0.1, 0.15) is 12.5 Å². The number of pyridine rings is 1. The van der Waals surface area contributed by atoms with Gasteiger partial charge in [0, 0.05) is 42.3 Å². The minimum Gasteiger partial charge on any atom is -0.496 e. The topological polar surface area (TPSA) is 83.8 Å². The van der Waals surface area contributed by atoms with Crippen molar-refractivity contribution in [2.45, 2.75) is 19.6 Å². The fraction of sp³-hybridized carbons (Fsp3) is 0.458. The Hall–Kier alpha value is -2.62. The van der Waals surface area contributed by atoms with Gasteiger partial charge in [-0.3, -0.25) is 0 Å². The Bertz CT molecular complexity index is 1140. The molecule has 4 heterocycles. The van der Waals surface area contributed by atoms with Gasteiger partial charge < -0.3 is 24.4 Å². The molecular weight excluding hydrogens is 438 g/mol. The number of fused-ring (bicyclic) bond motifs is 1. The van der Waals surface area contributed by atoms with Crippen LogP contribution in [0.2, 0.25) is 0 Å². The molecule has 0 spiro atoms. The van der Waals surface area contributed by atoms with E-state index in [1.54, 1.807) is 7.11 Å². The van der Waals surface area contributed by atoms with Crippen LogP contribution in [0, 0.1) is 0 Å². The van der Waals surface area contributed by atoms with Crippen molar-refractivity contribution in [2.75, 3.05) is 61.3 Å². The summed E-state index contributed by atoms with van der Waals surface area (Å²) >= 11 is 1.97. The molecule has 1 N–H and O–H groups in total. The molecule has 174 valence electrons. The predicted octanol–water partition coefficient (Wildman–Crippen LogP) is 2.97. The predicted molar refractivity (Wildman–Crippen MR) is 132 cm³/mol. The third kappa shape index (κ3) is 4.45. The summed E-state index contributed by atoms with van der Waals surface area (Å²) in [5.41, 5.74) is 3.14. The Morgan fingerprint density at radius 3 is 2.73 bits per heavy atom. The average Bonchev–Trinajstić information content (AvgIpc) is 2.88. The SMILES string of the molecule is COc1ccc(-c2ccc3c(N4CCOC[C@@H]4C)nc(N4CCSCC4)nc3n2)cc1CO. The number of aliphatic hydroxyl groups is 1. The van der Waals surface area contributed by atoms with Gasteiger partial charge in [0.2, 0.25) is 5.95 Å². The quantitative estimate of drug-likeness (QED) is 0.609. The lowest BCUT2D eigenvalue weighted by Crippen LogP contribution is -2.44. The van der Waals surface area contributed by atoms with Crippen molar-refractivity contribution >= 4 is 34.6 Å². The summed E-state index contributed by atoms with van der Waals surface area (Å²) in [6.45, 7) is 6.11. The minimum atomic E-state index is -0.0943. The number of aliphatic hydroxyl groups excluding tert-OH is 1. The largest absolute Gasteiger partial charge is 0.496 e. The number of ether oxygens (including phenoxy) is 2. The zero-order valence-corrected chi connectivity index (χ0v) is 19.8. The van der Waals surface area contributed by atoms with Gasteiger partial charge in [-0.25, -0.2) is 4.98 Å². The third-order valence-corrected chi connectivity index (χ3v) is 7.15. The highest BCUT2D eigenvalue weighted by Crippen LogP contribution is 2.32. The first kappa shape index (κ1) is 22.2. The van der Waals surface area contributed by atoms with Crippen molar-refractivity contribution < 1.29 is 14.6 Å². The van der Waals surface area contributed by atoms with Crippen molar-refractivity contribution in [1.29, 1.82) is 0 Å². The lowest BCUT2D eigenvalue weighted by atomic mass is 10.1. The number of thioether (sulfide) groups is 1. The molecule has 3 aromatic rings. The van der Waals surface area contributed by atoms with Crippen LogP contribution >= 0.6 is 11.8 Å². The molecule has 0 radical (unpaired) electrons. The Morgan fingerprint density at radius 1 is 1.12 bits per heavy atom. The number of benzene rings is 1. The molecule has 2 aromatic heterocycles. The van der Waals surface area contributed by atoms with Crippen molar-refractivity contribution in [3.63, 3.8) is 0 Å². The molecule has 1 aromatic carbocycles. The van der Waals surface area contributed by atoms with Gasteiger partial charge in [0.05, 0.1) is 44.1 Å². The van der Waals surface area contributed by atoms with Crippen LogP contribution < -0.4 is 14.5 Å². The Morgan fingerprint density at radius 2 is 1.97 bits per heavy atom. The standard InChI is InChI=1S/C24H29N5O3S/c1-16-15-32-10-7-29(16)23-19-4-5-20(17-3-6-21(31-2)18(13-17)14-30)25-22(19)26-24(27-23)28-8-11-33-12-9-28/h3-6,13,16,30H,7-12,14-15H2,1-2H3/t16-/m0/s1. The van der Waals surface area contributed by atoms with E-state index in [0.29, 0.717) is 24.6 Å². The van der Waals surface area contributed by atoms with Gasteiger partial charge in [0.25, 0.3) is 0 Å². The summed E-state index contributed by atoms with van der Waals surface area (Å²) in [5.74, 6) is 4.49. The van der Waals surface area contributed by atoms with E-state index in [0.717, 1.165) is 65.1 Å². The van der Waals surface area contributed by atoms with Crippen LogP contribution in [0.5, 0.6) is 5.75 Å². The second-order valence-corrected chi connectivity index (χ2v) is 9.54. The molecular formula is C24H29N5O3S. The molecule has 9 heteroatoms. The fourth-order valence-corrected chi connectivity index (χ4v) is 5.27. The van der Waals surface area contributed by atoms with Crippen LogP contribution in [0.3, 0.4) is 0 Å². The second kappa shape index (κ2) is 9.70. The average molecular weight is 468 g/mol. The summed E-state index contributed by atoms with van der Waals surface area (Å²) < 4.78 is 11.0. The smallest absolute Gasteiger partial charge is 0.229 e. The lowest BCUT2D eigenvalue weighted by molar-refractivity contribution is 0.0987. The highest BCUT2D eigenvalue weighted by Gasteiger charge is 2.25. The fourth-order valence-electron chi connectivity index (χ4n) is 4.37. The van der Waals surface area contributed by atoms with Crippen LogP contribution in [0.4, 0.5) is 11.8 Å². The van der Waals surface area contributed by atoms with E-state index >= 15 is 0 Å². The van der Waals surface area contributed by atoms with Crippen LogP contribution in [-0.4, -0.2) is 77.6 Å². The van der Waals surface area contributed by atoms with Crippen molar-refractivity contribution in [3.8, 4) is 17.0 Å². The van der Waals surface area contributed by atoms with E-state index in [1.165, 1.54) is 0 Å². The summed E-state index contributed by atoms with van der Waals surface area (Å²) in [6, 6.07) is 10.0. The Balaban J connectivity index is 1.62. The maximum atomic E-state index is 9.73. The van der Waals surface area contributed by atoms with E-state index in [9.17, 15) is 5.11 Å². The molecule has 33 heavy (non-hydrogen) atoms. The minimum absolute atomic E-state index is 0.0943. The first-order chi connectivity index (χ1) is 16.2. The number of hydrogen-bond acceptors (Lipinski definition) is 9. The summed E-state index contributed by atoms with van der Waals surface area (Å²) in [5, 5.41) is 10.7. The molecule has 0 aliphatic carbocycles. The number of rotatable bonds is 5. The zero-order valence-electron chi connectivity index (χ0n) is 19.0. The van der Waals surface area contributed by atoms with Gasteiger partial charge in [-0.2, -0.15) is 21.7 Å². The van der Waals surface area contributed by atoms with Gasteiger partial charge in [-0.15, -0.1) is 0 Å². The van der Waals surface area contributed by atoms with Crippen molar-refractivity contribution in [2.24, 2.45) is 0 Å². The molecule has 5 rings (SSSR count). The number of aromatic nitrogens is 3. The highest BCUT2D eigenvalue weighted by atomic mass is 32.2. The van der Waals surface area contributed by atoms with E-state index in [4.69, 9.17) is 24.4 Å². The van der Waals surface area contributed by atoms with E-state index < -0.39 is 0 Å². The third-order valence-electron chi connectivity index (χ3n) is 6.21. The summed E-state index contributed by atoms with van der Waals surface area (Å²) in [6.07, 6.45) is 0. The molecule has 2 aliphatic rings. The highest BCUT2D eigenvalue weighted by molar-refractivity contribution is 7.99. The van der Waals surface area contributed by atoms with Gasteiger partial charge in [-0.1, -0.05) is 0 Å². The van der Waals surface area contributed by atoms with Gasteiger partial charge >= 0.3 is 0 Å². The first-order valence-electron chi connectivity index (χ1n) is 11.3. The van der Waals surface area contributed by atoms with Crippen molar-refractivity contribution in [3.05, 3.63) is 35.9 Å². The molecule has 1 atom stereocenters. The van der Waals surface area contributed by atoms with Crippen molar-refractivity contribution in [1.82, 2.24) is 15.0 Å². The molecule has 0 bridgehead atoms. The summed E-state index contributed by atoms with van der Waals surface area (Å²) in [7, 11) is 1.61. The number of hydrogen-bond donors (Lipinski definition) is 1. The van der Waals surface area contributed by atoms with Crippen LogP contribution in [0.25, 0.3) is 22.3 Å². The van der Waals surface area contributed by atoms with Crippen LogP contribution in [0.15, 0.2) is 30.3 Å². The Labute approximate surface area is 197 Å². The number of anilines is 2. The van der Waals surface area contributed by atoms with E-state index in [1.807, 2.05) is 36.0 Å². The monoisotopic (exact) mass is 467 g/mol. The zero-order chi connectivity index (χ0) is 22.8. The van der Waals surface area contributed by atoms with Crippen LogP contribution in [-0.2, 0) is 11.3 Å². The second-order valence-electron chi connectivity index (χ2n) is 8.32.